The number of unbranched alkanes of at least 4 members (excludes halogenated alkanes) is 12. The van der Waals surface area contributed by atoms with Crippen molar-refractivity contribution >= 4 is 5.69 Å². The van der Waals surface area contributed by atoms with Crippen LogP contribution >= 0.6 is 0 Å². The van der Waals surface area contributed by atoms with Gasteiger partial charge in [0.1, 0.15) is 6.17 Å². The lowest BCUT2D eigenvalue weighted by Gasteiger charge is -2.33. The molecule has 29 heavy (non-hydrogen) atoms. The molecule has 0 radical (unpaired) electrons. The van der Waals surface area contributed by atoms with Crippen molar-refractivity contribution in [2.45, 2.75) is 116 Å². The summed E-state index contributed by atoms with van der Waals surface area (Å²) in [6, 6.07) is 10.9. The molecule has 0 amide bonds. The Morgan fingerprint density at radius 3 is 1.76 bits per heavy atom. The Kier molecular flexibility index (Phi) is 12.7. The van der Waals surface area contributed by atoms with Gasteiger partial charge in [-0.1, -0.05) is 109 Å². The van der Waals surface area contributed by atoms with Crippen molar-refractivity contribution in [2.24, 2.45) is 0 Å². The standard InChI is InChI=1S/C27H46N2/c1-3-5-7-8-9-10-11-12-13-14-15-19-23-28-24-25-29(27(28)22-6-4-2)26-20-17-16-18-21-26/h16-18,20-21,24-25,27H,3-15,19,22-23H2,1-2H3. The van der Waals surface area contributed by atoms with Crippen molar-refractivity contribution in [3.05, 3.63) is 42.7 Å². The zero-order valence-corrected chi connectivity index (χ0v) is 19.3. The van der Waals surface area contributed by atoms with Crippen LogP contribution in [-0.4, -0.2) is 17.6 Å². The first-order valence-corrected chi connectivity index (χ1v) is 12.6. The van der Waals surface area contributed by atoms with Gasteiger partial charge in [-0.3, -0.25) is 0 Å². The molecule has 0 N–H and O–H groups in total. The molecule has 0 aliphatic carbocycles. The molecule has 2 heteroatoms. The van der Waals surface area contributed by atoms with Gasteiger partial charge >= 0.3 is 0 Å². The van der Waals surface area contributed by atoms with Crippen LogP contribution in [0.4, 0.5) is 5.69 Å². The van der Waals surface area contributed by atoms with E-state index in [2.05, 4.69) is 66.4 Å². The Bertz CT molecular complexity index is 525. The predicted octanol–water partition coefficient (Wildman–Crippen LogP) is 8.50. The van der Waals surface area contributed by atoms with Crippen molar-refractivity contribution < 1.29 is 0 Å². The molecule has 1 aromatic carbocycles. The summed E-state index contributed by atoms with van der Waals surface area (Å²) in [7, 11) is 0. The predicted molar refractivity (Wildman–Crippen MR) is 129 cm³/mol. The van der Waals surface area contributed by atoms with Gasteiger partial charge in [0.2, 0.25) is 0 Å². The van der Waals surface area contributed by atoms with E-state index in [9.17, 15) is 0 Å². The first-order valence-electron chi connectivity index (χ1n) is 12.6. The highest BCUT2D eigenvalue weighted by Crippen LogP contribution is 2.27. The van der Waals surface area contributed by atoms with Crippen molar-refractivity contribution in [3.63, 3.8) is 0 Å². The fourth-order valence-electron chi connectivity index (χ4n) is 4.42. The highest BCUT2D eigenvalue weighted by Gasteiger charge is 2.26. The molecular weight excluding hydrogens is 352 g/mol. The molecule has 1 aromatic rings. The minimum Gasteiger partial charge on any atom is -0.356 e. The smallest absolute Gasteiger partial charge is 0.105 e. The maximum Gasteiger partial charge on any atom is 0.105 e. The molecule has 0 saturated heterocycles. The molecular formula is C27H46N2. The molecule has 0 bridgehead atoms. The van der Waals surface area contributed by atoms with Crippen LogP contribution in [0.15, 0.2) is 42.7 Å². The largest absolute Gasteiger partial charge is 0.356 e. The van der Waals surface area contributed by atoms with Gasteiger partial charge in [0, 0.05) is 24.6 Å². The quantitative estimate of drug-likeness (QED) is 0.243. The van der Waals surface area contributed by atoms with Crippen molar-refractivity contribution in [1.82, 2.24) is 4.90 Å². The van der Waals surface area contributed by atoms with Crippen LogP contribution in [0, 0.1) is 0 Å². The van der Waals surface area contributed by atoms with E-state index in [4.69, 9.17) is 0 Å². The number of nitrogens with zero attached hydrogens (tertiary/aromatic N) is 2. The second-order valence-electron chi connectivity index (χ2n) is 8.79. The van der Waals surface area contributed by atoms with Crippen molar-refractivity contribution in [3.8, 4) is 0 Å². The third-order valence-corrected chi connectivity index (χ3v) is 6.26. The van der Waals surface area contributed by atoms with Crippen LogP contribution in [-0.2, 0) is 0 Å². The molecule has 1 heterocycles. The van der Waals surface area contributed by atoms with E-state index in [-0.39, 0.29) is 0 Å². The monoisotopic (exact) mass is 398 g/mol. The third kappa shape index (κ3) is 9.28. The summed E-state index contributed by atoms with van der Waals surface area (Å²) >= 11 is 0. The van der Waals surface area contributed by atoms with Crippen LogP contribution in [0.2, 0.25) is 0 Å². The lowest BCUT2D eigenvalue weighted by molar-refractivity contribution is 0.274. The van der Waals surface area contributed by atoms with Gasteiger partial charge in [-0.15, -0.1) is 0 Å². The van der Waals surface area contributed by atoms with Crippen LogP contribution in [0.5, 0.6) is 0 Å². The maximum atomic E-state index is 2.58. The van der Waals surface area contributed by atoms with Crippen LogP contribution in [0.3, 0.4) is 0 Å². The SMILES string of the molecule is CCCCCCCCCCCCCCN1C=CN(c2ccccc2)C1CCCC. The summed E-state index contributed by atoms with van der Waals surface area (Å²) < 4.78 is 0. The average Bonchev–Trinajstić information content (AvgIpc) is 3.16. The van der Waals surface area contributed by atoms with E-state index in [1.54, 1.807) is 0 Å². The number of benzene rings is 1. The number of hydrogen-bond donors (Lipinski definition) is 0. The average molecular weight is 399 g/mol. The summed E-state index contributed by atoms with van der Waals surface area (Å²) in [5, 5.41) is 0. The normalized spacial score (nSPS) is 16.1. The highest BCUT2D eigenvalue weighted by molar-refractivity contribution is 5.51. The fraction of sp³-hybridized carbons (Fsp3) is 0.704. The van der Waals surface area contributed by atoms with E-state index in [0.29, 0.717) is 6.17 Å². The van der Waals surface area contributed by atoms with Gasteiger partial charge in [0.25, 0.3) is 0 Å². The summed E-state index contributed by atoms with van der Waals surface area (Å²) in [6.07, 6.45) is 26.0. The van der Waals surface area contributed by atoms with E-state index >= 15 is 0 Å². The second kappa shape index (κ2) is 15.4. The van der Waals surface area contributed by atoms with Crippen LogP contribution in [0.1, 0.15) is 110 Å². The molecule has 0 fully saturated rings. The van der Waals surface area contributed by atoms with Crippen LogP contribution in [0.25, 0.3) is 0 Å². The van der Waals surface area contributed by atoms with E-state index < -0.39 is 0 Å². The second-order valence-corrected chi connectivity index (χ2v) is 8.79. The Hall–Kier alpha value is -1.44. The summed E-state index contributed by atoms with van der Waals surface area (Å²) in [6.45, 7) is 5.79. The molecule has 2 nitrogen and oxygen atoms in total. The molecule has 1 unspecified atom stereocenters. The number of anilines is 1. The minimum atomic E-state index is 0.505. The summed E-state index contributed by atoms with van der Waals surface area (Å²) in [5.41, 5.74) is 1.32. The van der Waals surface area contributed by atoms with Crippen LogP contribution < -0.4 is 4.90 Å². The molecule has 1 aliphatic heterocycles. The molecule has 0 aromatic heterocycles. The number of hydrogen-bond acceptors (Lipinski definition) is 2. The van der Waals surface area contributed by atoms with E-state index in [1.807, 2.05) is 0 Å². The molecule has 0 saturated carbocycles. The lowest BCUT2D eigenvalue weighted by Crippen LogP contribution is -2.39. The fourth-order valence-corrected chi connectivity index (χ4v) is 4.42. The van der Waals surface area contributed by atoms with Gasteiger partial charge in [-0.2, -0.15) is 0 Å². The van der Waals surface area contributed by atoms with Gasteiger partial charge in [-0.05, 0) is 31.4 Å². The van der Waals surface area contributed by atoms with Gasteiger partial charge < -0.3 is 9.80 Å². The highest BCUT2D eigenvalue weighted by atomic mass is 15.4. The molecule has 1 aliphatic rings. The van der Waals surface area contributed by atoms with E-state index in [1.165, 1.54) is 109 Å². The topological polar surface area (TPSA) is 6.48 Å². The zero-order valence-electron chi connectivity index (χ0n) is 19.3. The Labute approximate surface area is 181 Å². The summed E-state index contributed by atoms with van der Waals surface area (Å²) in [4.78, 5) is 5.05. The molecule has 0 spiro atoms. The Morgan fingerprint density at radius 2 is 1.17 bits per heavy atom. The van der Waals surface area contributed by atoms with Gasteiger partial charge in [-0.25, -0.2) is 0 Å². The number of para-hydroxylation sites is 1. The molecule has 164 valence electrons. The molecule has 2 rings (SSSR count). The van der Waals surface area contributed by atoms with E-state index in [0.717, 1.165) is 0 Å². The number of rotatable bonds is 17. The molecule has 1 atom stereocenters. The first kappa shape index (κ1) is 23.8. The first-order chi connectivity index (χ1) is 14.4. The van der Waals surface area contributed by atoms with Gasteiger partial charge in [0.05, 0.1) is 0 Å². The zero-order chi connectivity index (χ0) is 20.6. The third-order valence-electron chi connectivity index (χ3n) is 6.26. The van der Waals surface area contributed by atoms with Gasteiger partial charge in [0.15, 0.2) is 0 Å². The lowest BCUT2D eigenvalue weighted by atomic mass is 10.1. The van der Waals surface area contributed by atoms with Crippen molar-refractivity contribution in [1.29, 1.82) is 0 Å². The Morgan fingerprint density at radius 1 is 0.621 bits per heavy atom. The maximum absolute atomic E-state index is 2.58. The summed E-state index contributed by atoms with van der Waals surface area (Å²) in [5.74, 6) is 0. The Balaban J connectivity index is 1.57. The minimum absolute atomic E-state index is 0.505. The van der Waals surface area contributed by atoms with Crippen molar-refractivity contribution in [2.75, 3.05) is 11.4 Å².